The van der Waals surface area contributed by atoms with Crippen LogP contribution in [-0.2, 0) is 6.54 Å². The zero-order valence-electron chi connectivity index (χ0n) is 11.6. The number of hydrogen-bond acceptors (Lipinski definition) is 3. The summed E-state index contributed by atoms with van der Waals surface area (Å²) < 4.78 is 5.35. The molecule has 0 bridgehead atoms. The van der Waals surface area contributed by atoms with E-state index in [1.807, 2.05) is 6.07 Å². The van der Waals surface area contributed by atoms with Gasteiger partial charge in [0.15, 0.2) is 0 Å². The third-order valence-electron chi connectivity index (χ3n) is 4.05. The highest BCUT2D eigenvalue weighted by atomic mass is 16.5. The summed E-state index contributed by atoms with van der Waals surface area (Å²) in [7, 11) is 1.71. The molecule has 3 heteroatoms. The second kappa shape index (κ2) is 5.61. The predicted molar refractivity (Wildman–Crippen MR) is 76.1 cm³/mol. The lowest BCUT2D eigenvalue weighted by Gasteiger charge is -2.32. The number of ether oxygens (including phenoxy) is 1. The Labute approximate surface area is 110 Å². The van der Waals surface area contributed by atoms with Crippen LogP contribution in [0.2, 0.25) is 0 Å². The first-order valence-corrected chi connectivity index (χ1v) is 6.86. The van der Waals surface area contributed by atoms with Gasteiger partial charge in [0.2, 0.25) is 0 Å². The molecular formula is C15H24N2O. The molecule has 0 spiro atoms. The average Bonchev–Trinajstić information content (AvgIpc) is 2.78. The number of nitrogens with zero attached hydrogens (tertiary/aromatic N) is 1. The SMILES string of the molecule is CCC1CCC(C)N1c1cc(OC)ccc1CN. The Bertz CT molecular complexity index is 405. The normalized spacial score (nSPS) is 23.4. The van der Waals surface area contributed by atoms with Crippen LogP contribution in [-0.4, -0.2) is 19.2 Å². The van der Waals surface area contributed by atoms with Crippen LogP contribution in [0.15, 0.2) is 18.2 Å². The van der Waals surface area contributed by atoms with E-state index in [9.17, 15) is 0 Å². The highest BCUT2D eigenvalue weighted by Crippen LogP contribution is 2.36. The molecule has 2 rings (SSSR count). The minimum Gasteiger partial charge on any atom is -0.497 e. The third-order valence-corrected chi connectivity index (χ3v) is 4.05. The van der Waals surface area contributed by atoms with E-state index >= 15 is 0 Å². The highest BCUT2D eigenvalue weighted by molar-refractivity contribution is 5.59. The van der Waals surface area contributed by atoms with Crippen LogP contribution in [0.4, 0.5) is 5.69 Å². The average molecular weight is 248 g/mol. The Morgan fingerprint density at radius 2 is 2.17 bits per heavy atom. The van der Waals surface area contributed by atoms with Gasteiger partial charge < -0.3 is 15.4 Å². The van der Waals surface area contributed by atoms with Crippen molar-refractivity contribution in [1.82, 2.24) is 0 Å². The smallest absolute Gasteiger partial charge is 0.120 e. The summed E-state index contributed by atoms with van der Waals surface area (Å²) in [6, 6.07) is 7.44. The molecule has 1 saturated heterocycles. The summed E-state index contributed by atoms with van der Waals surface area (Å²) >= 11 is 0. The minimum atomic E-state index is 0.582. The van der Waals surface area contributed by atoms with Gasteiger partial charge in [0.25, 0.3) is 0 Å². The Hall–Kier alpha value is -1.22. The van der Waals surface area contributed by atoms with Crippen molar-refractivity contribution in [3.8, 4) is 5.75 Å². The number of methoxy groups -OCH3 is 1. The molecule has 18 heavy (non-hydrogen) atoms. The molecule has 2 unspecified atom stereocenters. The summed E-state index contributed by atoms with van der Waals surface area (Å²) in [5.74, 6) is 0.913. The first-order valence-electron chi connectivity index (χ1n) is 6.86. The van der Waals surface area contributed by atoms with E-state index in [4.69, 9.17) is 10.5 Å². The molecule has 1 fully saturated rings. The fourth-order valence-corrected chi connectivity index (χ4v) is 2.99. The largest absolute Gasteiger partial charge is 0.497 e. The molecule has 1 aromatic rings. The molecule has 3 nitrogen and oxygen atoms in total. The van der Waals surface area contributed by atoms with Gasteiger partial charge in [-0.2, -0.15) is 0 Å². The molecule has 1 aliphatic heterocycles. The molecule has 0 saturated carbocycles. The summed E-state index contributed by atoms with van der Waals surface area (Å²) in [6.07, 6.45) is 3.73. The Kier molecular flexibility index (Phi) is 4.12. The molecule has 1 aromatic carbocycles. The van der Waals surface area contributed by atoms with Gasteiger partial charge in [0.05, 0.1) is 7.11 Å². The zero-order chi connectivity index (χ0) is 13.1. The maximum Gasteiger partial charge on any atom is 0.120 e. The van der Waals surface area contributed by atoms with Gasteiger partial charge in [0, 0.05) is 30.4 Å². The molecule has 0 radical (unpaired) electrons. The first kappa shape index (κ1) is 13.2. The van der Waals surface area contributed by atoms with E-state index in [2.05, 4.69) is 30.9 Å². The van der Waals surface area contributed by atoms with Crippen molar-refractivity contribution in [2.24, 2.45) is 5.73 Å². The second-order valence-corrected chi connectivity index (χ2v) is 5.09. The van der Waals surface area contributed by atoms with Crippen LogP contribution in [0, 0.1) is 0 Å². The van der Waals surface area contributed by atoms with Gasteiger partial charge in [-0.25, -0.2) is 0 Å². The van der Waals surface area contributed by atoms with Crippen molar-refractivity contribution in [2.75, 3.05) is 12.0 Å². The van der Waals surface area contributed by atoms with Crippen LogP contribution < -0.4 is 15.4 Å². The van der Waals surface area contributed by atoms with Crippen LogP contribution in [0.1, 0.15) is 38.7 Å². The lowest BCUT2D eigenvalue weighted by atomic mass is 10.1. The summed E-state index contributed by atoms with van der Waals surface area (Å²) in [4.78, 5) is 2.53. The highest BCUT2D eigenvalue weighted by Gasteiger charge is 2.30. The van der Waals surface area contributed by atoms with Crippen molar-refractivity contribution in [3.63, 3.8) is 0 Å². The van der Waals surface area contributed by atoms with Gasteiger partial charge in [-0.15, -0.1) is 0 Å². The fraction of sp³-hybridized carbons (Fsp3) is 0.600. The van der Waals surface area contributed by atoms with Gasteiger partial charge in [-0.05, 0) is 37.8 Å². The summed E-state index contributed by atoms with van der Waals surface area (Å²) in [5.41, 5.74) is 8.34. The molecule has 100 valence electrons. The van der Waals surface area contributed by atoms with E-state index in [-0.39, 0.29) is 0 Å². The van der Waals surface area contributed by atoms with Crippen molar-refractivity contribution < 1.29 is 4.74 Å². The van der Waals surface area contributed by atoms with Gasteiger partial charge in [0.1, 0.15) is 5.75 Å². The summed E-state index contributed by atoms with van der Waals surface area (Å²) in [5, 5.41) is 0. The molecule has 1 heterocycles. The molecule has 2 atom stereocenters. The van der Waals surface area contributed by atoms with Crippen molar-refractivity contribution in [3.05, 3.63) is 23.8 Å². The predicted octanol–water partition coefficient (Wildman–Crippen LogP) is 2.92. The van der Waals surface area contributed by atoms with Crippen LogP contribution in [0.5, 0.6) is 5.75 Å². The van der Waals surface area contributed by atoms with Crippen molar-refractivity contribution in [2.45, 2.75) is 51.7 Å². The molecule has 0 amide bonds. The number of rotatable bonds is 4. The molecule has 0 aromatic heterocycles. The standard InChI is InChI=1S/C15H24N2O/c1-4-13-7-5-11(2)17(13)15-9-14(18-3)8-6-12(15)10-16/h6,8-9,11,13H,4-5,7,10,16H2,1-3H3. The maximum absolute atomic E-state index is 5.87. The Morgan fingerprint density at radius 1 is 1.39 bits per heavy atom. The van der Waals surface area contributed by atoms with E-state index < -0.39 is 0 Å². The van der Waals surface area contributed by atoms with E-state index in [0.29, 0.717) is 18.6 Å². The lowest BCUT2D eigenvalue weighted by Crippen LogP contribution is -2.35. The van der Waals surface area contributed by atoms with Gasteiger partial charge in [-0.1, -0.05) is 13.0 Å². The quantitative estimate of drug-likeness (QED) is 0.890. The summed E-state index contributed by atoms with van der Waals surface area (Å²) in [6.45, 7) is 5.15. The molecule has 2 N–H and O–H groups in total. The first-order chi connectivity index (χ1) is 8.71. The van der Waals surface area contributed by atoms with Crippen LogP contribution >= 0.6 is 0 Å². The van der Waals surface area contributed by atoms with Crippen LogP contribution in [0.3, 0.4) is 0 Å². The van der Waals surface area contributed by atoms with Gasteiger partial charge >= 0.3 is 0 Å². The minimum absolute atomic E-state index is 0.582. The van der Waals surface area contributed by atoms with Crippen molar-refractivity contribution >= 4 is 5.69 Å². The number of hydrogen-bond donors (Lipinski definition) is 1. The van der Waals surface area contributed by atoms with E-state index in [1.165, 1.54) is 30.5 Å². The number of anilines is 1. The van der Waals surface area contributed by atoms with E-state index in [0.717, 1.165) is 5.75 Å². The van der Waals surface area contributed by atoms with Crippen LogP contribution in [0.25, 0.3) is 0 Å². The van der Waals surface area contributed by atoms with E-state index in [1.54, 1.807) is 7.11 Å². The number of nitrogens with two attached hydrogens (primary N) is 1. The van der Waals surface area contributed by atoms with Crippen molar-refractivity contribution in [1.29, 1.82) is 0 Å². The lowest BCUT2D eigenvalue weighted by molar-refractivity contribution is 0.414. The fourth-order valence-electron chi connectivity index (χ4n) is 2.99. The second-order valence-electron chi connectivity index (χ2n) is 5.09. The molecule has 0 aliphatic carbocycles. The monoisotopic (exact) mass is 248 g/mol. The topological polar surface area (TPSA) is 38.5 Å². The number of benzene rings is 1. The Morgan fingerprint density at radius 3 is 2.78 bits per heavy atom. The Balaban J connectivity index is 2.40. The molecule has 1 aliphatic rings. The maximum atomic E-state index is 5.87. The third kappa shape index (κ3) is 2.32. The molecular weight excluding hydrogens is 224 g/mol. The zero-order valence-corrected chi connectivity index (χ0v) is 11.6. The van der Waals surface area contributed by atoms with Gasteiger partial charge in [-0.3, -0.25) is 0 Å².